The fourth-order valence-electron chi connectivity index (χ4n) is 2.44. The summed E-state index contributed by atoms with van der Waals surface area (Å²) in [6.45, 7) is 1.76. The van der Waals surface area contributed by atoms with Crippen molar-refractivity contribution >= 4 is 22.6 Å². The predicted octanol–water partition coefficient (Wildman–Crippen LogP) is 3.78. The summed E-state index contributed by atoms with van der Waals surface area (Å²) in [7, 11) is 0. The molecular formula is C17H15F2N3O. The molecule has 118 valence electrons. The second-order valence-electron chi connectivity index (χ2n) is 5.31. The highest BCUT2D eigenvalue weighted by molar-refractivity contribution is 5.99. The maximum atomic E-state index is 13.3. The van der Waals surface area contributed by atoms with Crippen molar-refractivity contribution in [2.45, 2.75) is 19.8 Å². The van der Waals surface area contributed by atoms with Crippen LogP contribution in [0.3, 0.4) is 0 Å². The van der Waals surface area contributed by atoms with Gasteiger partial charge in [-0.2, -0.15) is 5.10 Å². The summed E-state index contributed by atoms with van der Waals surface area (Å²) in [5.41, 5.74) is 2.20. The first-order valence-corrected chi connectivity index (χ1v) is 7.27. The molecule has 3 aromatic rings. The number of aromatic nitrogens is 2. The summed E-state index contributed by atoms with van der Waals surface area (Å²) in [5.74, 6) is -0.865. The van der Waals surface area contributed by atoms with Crippen LogP contribution >= 0.6 is 0 Å². The van der Waals surface area contributed by atoms with Gasteiger partial charge in [0.1, 0.15) is 11.6 Å². The average molecular weight is 315 g/mol. The first kappa shape index (κ1) is 15.1. The van der Waals surface area contributed by atoms with Gasteiger partial charge in [-0.15, -0.1) is 0 Å². The lowest BCUT2D eigenvalue weighted by atomic mass is 10.0. The second-order valence-corrected chi connectivity index (χ2v) is 5.31. The smallest absolute Gasteiger partial charge is 0.225 e. The zero-order valence-electron chi connectivity index (χ0n) is 12.5. The van der Waals surface area contributed by atoms with Gasteiger partial charge >= 0.3 is 0 Å². The minimum absolute atomic E-state index is 0.129. The Balaban J connectivity index is 1.92. The third-order valence-electron chi connectivity index (χ3n) is 3.54. The molecule has 0 aliphatic rings. The molecule has 2 N–H and O–H groups in total. The maximum absolute atomic E-state index is 13.3. The Labute approximate surface area is 131 Å². The molecule has 0 radical (unpaired) electrons. The van der Waals surface area contributed by atoms with E-state index in [0.717, 1.165) is 22.5 Å². The standard InChI is InChI=1S/C17H15F2N3O/c1-2-16(23)20-17-14-8-10(3-4-15(14)21-22-17)5-11-6-12(18)9-13(19)7-11/h3-4,6-9H,2,5H2,1H3,(H2,20,21,22,23). The van der Waals surface area contributed by atoms with Crippen molar-refractivity contribution in [1.82, 2.24) is 10.2 Å². The average Bonchev–Trinajstić information content (AvgIpc) is 2.88. The number of nitrogens with one attached hydrogen (secondary N) is 2. The van der Waals surface area contributed by atoms with Gasteiger partial charge in [-0.1, -0.05) is 13.0 Å². The monoisotopic (exact) mass is 315 g/mol. The quantitative estimate of drug-likeness (QED) is 0.770. The number of nitrogens with zero attached hydrogens (tertiary/aromatic N) is 1. The van der Waals surface area contributed by atoms with E-state index < -0.39 is 11.6 Å². The van der Waals surface area contributed by atoms with Crippen LogP contribution in [0.1, 0.15) is 24.5 Å². The summed E-state index contributed by atoms with van der Waals surface area (Å²) in [5, 5.41) is 10.4. The van der Waals surface area contributed by atoms with E-state index in [1.54, 1.807) is 6.92 Å². The van der Waals surface area contributed by atoms with Gasteiger partial charge in [0.15, 0.2) is 5.82 Å². The van der Waals surface area contributed by atoms with Gasteiger partial charge in [0, 0.05) is 17.9 Å². The first-order valence-electron chi connectivity index (χ1n) is 7.27. The number of carbonyl (C=O) groups is 1. The van der Waals surface area contributed by atoms with Crippen LogP contribution in [0, 0.1) is 11.6 Å². The van der Waals surface area contributed by atoms with Gasteiger partial charge < -0.3 is 5.32 Å². The molecule has 23 heavy (non-hydrogen) atoms. The van der Waals surface area contributed by atoms with Gasteiger partial charge in [-0.25, -0.2) is 8.78 Å². The van der Waals surface area contributed by atoms with Crippen LogP contribution in [0.25, 0.3) is 10.9 Å². The third kappa shape index (κ3) is 3.36. The van der Waals surface area contributed by atoms with Crippen molar-refractivity contribution in [3.8, 4) is 0 Å². The van der Waals surface area contributed by atoms with Gasteiger partial charge in [-0.3, -0.25) is 9.89 Å². The van der Waals surface area contributed by atoms with E-state index in [4.69, 9.17) is 0 Å². The van der Waals surface area contributed by atoms with E-state index >= 15 is 0 Å². The Bertz CT molecular complexity index is 853. The second kappa shape index (κ2) is 6.16. The van der Waals surface area contributed by atoms with Crippen LogP contribution < -0.4 is 5.32 Å². The molecule has 0 saturated carbocycles. The summed E-state index contributed by atoms with van der Waals surface area (Å²) >= 11 is 0. The maximum Gasteiger partial charge on any atom is 0.225 e. The van der Waals surface area contributed by atoms with Crippen molar-refractivity contribution < 1.29 is 13.6 Å². The fourth-order valence-corrected chi connectivity index (χ4v) is 2.44. The molecule has 1 heterocycles. The van der Waals surface area contributed by atoms with E-state index in [9.17, 15) is 13.6 Å². The highest BCUT2D eigenvalue weighted by Crippen LogP contribution is 2.23. The molecule has 1 amide bonds. The molecule has 0 fully saturated rings. The highest BCUT2D eigenvalue weighted by atomic mass is 19.1. The summed E-state index contributed by atoms with van der Waals surface area (Å²) in [6.07, 6.45) is 0.744. The van der Waals surface area contributed by atoms with Crippen LogP contribution in [0.15, 0.2) is 36.4 Å². The van der Waals surface area contributed by atoms with Crippen LogP contribution in [-0.4, -0.2) is 16.1 Å². The van der Waals surface area contributed by atoms with Crippen LogP contribution in [0.2, 0.25) is 0 Å². The van der Waals surface area contributed by atoms with E-state index in [-0.39, 0.29) is 5.91 Å². The van der Waals surface area contributed by atoms with Crippen molar-refractivity contribution in [2.75, 3.05) is 5.32 Å². The first-order chi connectivity index (χ1) is 11.0. The Morgan fingerprint density at radius 1 is 1.13 bits per heavy atom. The van der Waals surface area contributed by atoms with E-state index in [0.29, 0.717) is 24.2 Å². The van der Waals surface area contributed by atoms with Gasteiger partial charge in [-0.05, 0) is 41.8 Å². The summed E-state index contributed by atoms with van der Waals surface area (Å²) < 4.78 is 26.6. The number of hydrogen-bond acceptors (Lipinski definition) is 2. The third-order valence-corrected chi connectivity index (χ3v) is 3.54. The van der Waals surface area contributed by atoms with Gasteiger partial charge in [0.05, 0.1) is 5.52 Å². The van der Waals surface area contributed by atoms with E-state index in [1.807, 2.05) is 18.2 Å². The predicted molar refractivity (Wildman–Crippen MR) is 84.2 cm³/mol. The molecule has 4 nitrogen and oxygen atoms in total. The van der Waals surface area contributed by atoms with Gasteiger partial charge in [0.2, 0.25) is 5.91 Å². The Kier molecular flexibility index (Phi) is 4.06. The summed E-state index contributed by atoms with van der Waals surface area (Å²) in [4.78, 5) is 11.5. The molecule has 0 atom stereocenters. The minimum atomic E-state index is -0.597. The molecule has 3 rings (SSSR count). The van der Waals surface area contributed by atoms with Gasteiger partial charge in [0.25, 0.3) is 0 Å². The number of amides is 1. The lowest BCUT2D eigenvalue weighted by Gasteiger charge is -2.04. The lowest BCUT2D eigenvalue weighted by molar-refractivity contribution is -0.115. The number of carbonyl (C=O) groups excluding carboxylic acids is 1. The largest absolute Gasteiger partial charge is 0.309 e. The number of halogens is 2. The highest BCUT2D eigenvalue weighted by Gasteiger charge is 2.10. The number of rotatable bonds is 4. The molecule has 0 aliphatic carbocycles. The number of fused-ring (bicyclic) bond motifs is 1. The Morgan fingerprint density at radius 2 is 1.87 bits per heavy atom. The van der Waals surface area contributed by atoms with E-state index in [1.165, 1.54) is 12.1 Å². The molecule has 6 heteroatoms. The van der Waals surface area contributed by atoms with Crippen molar-refractivity contribution in [1.29, 1.82) is 0 Å². The normalized spacial score (nSPS) is 10.9. The van der Waals surface area contributed by atoms with E-state index in [2.05, 4.69) is 15.5 Å². The van der Waals surface area contributed by atoms with Crippen molar-refractivity contribution in [3.05, 3.63) is 59.2 Å². The summed E-state index contributed by atoms with van der Waals surface area (Å²) in [6, 6.07) is 9.00. The van der Waals surface area contributed by atoms with Crippen molar-refractivity contribution in [3.63, 3.8) is 0 Å². The molecule has 0 unspecified atom stereocenters. The van der Waals surface area contributed by atoms with Crippen LogP contribution in [0.4, 0.5) is 14.6 Å². The van der Waals surface area contributed by atoms with Crippen LogP contribution in [0.5, 0.6) is 0 Å². The molecule has 1 aromatic heterocycles. The Hall–Kier alpha value is -2.76. The van der Waals surface area contributed by atoms with Crippen LogP contribution in [-0.2, 0) is 11.2 Å². The Morgan fingerprint density at radius 3 is 2.57 bits per heavy atom. The molecular weight excluding hydrogens is 300 g/mol. The molecule has 2 aromatic carbocycles. The fraction of sp³-hybridized carbons (Fsp3) is 0.176. The van der Waals surface area contributed by atoms with Crippen molar-refractivity contribution in [2.24, 2.45) is 0 Å². The topological polar surface area (TPSA) is 57.8 Å². The number of anilines is 1. The lowest BCUT2D eigenvalue weighted by Crippen LogP contribution is -2.09. The zero-order valence-corrected chi connectivity index (χ0v) is 12.5. The molecule has 0 bridgehead atoms. The molecule has 0 spiro atoms. The number of hydrogen-bond donors (Lipinski definition) is 2. The number of H-pyrrole nitrogens is 1. The number of benzene rings is 2. The SMILES string of the molecule is CCC(=O)Nc1n[nH]c2ccc(Cc3cc(F)cc(F)c3)cc12. The number of aromatic amines is 1. The molecule has 0 saturated heterocycles. The minimum Gasteiger partial charge on any atom is -0.309 e. The molecule has 0 aliphatic heterocycles. The zero-order chi connectivity index (χ0) is 16.4.